The second kappa shape index (κ2) is 10.7. The maximum atomic E-state index is 13.3. The van der Waals surface area contributed by atoms with Crippen molar-refractivity contribution in [1.29, 1.82) is 0 Å². The van der Waals surface area contributed by atoms with Crippen LogP contribution in [0.15, 0.2) is 66.0 Å². The summed E-state index contributed by atoms with van der Waals surface area (Å²) in [5.74, 6) is -0.458. The fourth-order valence-electron chi connectivity index (χ4n) is 3.62. The van der Waals surface area contributed by atoms with Crippen LogP contribution < -0.4 is 0 Å². The van der Waals surface area contributed by atoms with Gasteiger partial charge in [-0.05, 0) is 36.1 Å². The molecule has 0 aliphatic rings. The Labute approximate surface area is 195 Å². The van der Waals surface area contributed by atoms with Crippen molar-refractivity contribution in [1.82, 2.24) is 14.5 Å². The van der Waals surface area contributed by atoms with Gasteiger partial charge in [0.1, 0.15) is 5.82 Å². The molecule has 0 saturated heterocycles. The molecule has 6 nitrogen and oxygen atoms in total. The van der Waals surface area contributed by atoms with Gasteiger partial charge in [-0.3, -0.25) is 4.79 Å². The molecule has 33 heavy (non-hydrogen) atoms. The van der Waals surface area contributed by atoms with E-state index >= 15 is 0 Å². The van der Waals surface area contributed by atoms with Crippen LogP contribution in [-0.2, 0) is 33.5 Å². The van der Waals surface area contributed by atoms with Crippen molar-refractivity contribution in [3.63, 3.8) is 0 Å². The number of carbonyl (C=O) groups is 1. The van der Waals surface area contributed by atoms with Crippen LogP contribution in [0.3, 0.4) is 0 Å². The van der Waals surface area contributed by atoms with Crippen molar-refractivity contribution < 1.29 is 17.6 Å². The third kappa shape index (κ3) is 6.51. The Bertz CT molecular complexity index is 1170. The number of benzene rings is 2. The SMILES string of the molecule is CCN(Cc1cnc(S(=O)(=O)Cc2ccc(F)cc2)n1Cc1ccccc1)C(=O)CC(C)C. The highest BCUT2D eigenvalue weighted by atomic mass is 32.2. The summed E-state index contributed by atoms with van der Waals surface area (Å²) in [7, 11) is -3.81. The highest BCUT2D eigenvalue weighted by Gasteiger charge is 2.25. The molecule has 0 aliphatic carbocycles. The lowest BCUT2D eigenvalue weighted by Crippen LogP contribution is -2.32. The number of hydrogen-bond donors (Lipinski definition) is 0. The zero-order chi connectivity index (χ0) is 24.0. The Morgan fingerprint density at radius 3 is 2.33 bits per heavy atom. The molecule has 176 valence electrons. The Morgan fingerprint density at radius 1 is 1.06 bits per heavy atom. The van der Waals surface area contributed by atoms with Crippen LogP contribution in [0.1, 0.15) is 44.0 Å². The van der Waals surface area contributed by atoms with E-state index in [1.165, 1.54) is 30.5 Å². The van der Waals surface area contributed by atoms with Gasteiger partial charge in [-0.2, -0.15) is 0 Å². The maximum Gasteiger partial charge on any atom is 0.228 e. The second-order valence-corrected chi connectivity index (χ2v) is 10.4. The number of nitrogens with zero attached hydrogens (tertiary/aromatic N) is 3. The standard InChI is InChI=1S/C25H30FN3O3S/c1-4-28(24(30)14-19(2)3)17-23-15-27-25(29(23)16-20-8-6-5-7-9-20)33(31,32)18-21-10-12-22(26)13-11-21/h5-13,15,19H,4,14,16-18H2,1-3H3. The fourth-order valence-corrected chi connectivity index (χ4v) is 5.11. The van der Waals surface area contributed by atoms with Gasteiger partial charge in [-0.25, -0.2) is 17.8 Å². The molecule has 8 heteroatoms. The van der Waals surface area contributed by atoms with E-state index in [0.717, 1.165) is 5.56 Å². The highest BCUT2D eigenvalue weighted by molar-refractivity contribution is 7.90. The molecule has 2 aromatic carbocycles. The van der Waals surface area contributed by atoms with E-state index < -0.39 is 15.7 Å². The lowest BCUT2D eigenvalue weighted by Gasteiger charge is -2.23. The molecule has 0 spiro atoms. The summed E-state index contributed by atoms with van der Waals surface area (Å²) in [6.07, 6.45) is 1.96. The smallest absolute Gasteiger partial charge is 0.228 e. The van der Waals surface area contributed by atoms with E-state index in [9.17, 15) is 17.6 Å². The number of aromatic nitrogens is 2. The normalized spacial score (nSPS) is 11.7. The molecule has 1 amide bonds. The summed E-state index contributed by atoms with van der Waals surface area (Å²) < 4.78 is 41.5. The van der Waals surface area contributed by atoms with Gasteiger partial charge in [0.25, 0.3) is 0 Å². The summed E-state index contributed by atoms with van der Waals surface area (Å²) in [6, 6.07) is 14.9. The van der Waals surface area contributed by atoms with Gasteiger partial charge >= 0.3 is 0 Å². The van der Waals surface area contributed by atoms with E-state index in [0.29, 0.717) is 30.8 Å². The molecule has 3 aromatic rings. The van der Waals surface area contributed by atoms with Gasteiger partial charge in [-0.15, -0.1) is 0 Å². The van der Waals surface area contributed by atoms with E-state index in [-0.39, 0.29) is 29.3 Å². The predicted molar refractivity (Wildman–Crippen MR) is 126 cm³/mol. The van der Waals surface area contributed by atoms with Gasteiger partial charge in [0.05, 0.1) is 30.7 Å². The Morgan fingerprint density at radius 2 is 1.73 bits per heavy atom. The number of rotatable bonds is 10. The number of hydrogen-bond acceptors (Lipinski definition) is 4. The van der Waals surface area contributed by atoms with Crippen molar-refractivity contribution in [2.24, 2.45) is 5.92 Å². The number of halogens is 1. The molecule has 1 aromatic heterocycles. The molecule has 0 N–H and O–H groups in total. The second-order valence-electron chi connectivity index (χ2n) is 8.50. The first-order valence-electron chi connectivity index (χ1n) is 11.0. The van der Waals surface area contributed by atoms with Crippen molar-refractivity contribution in [2.75, 3.05) is 6.54 Å². The van der Waals surface area contributed by atoms with Crippen LogP contribution in [-0.4, -0.2) is 35.3 Å². The molecular weight excluding hydrogens is 441 g/mol. The van der Waals surface area contributed by atoms with Crippen molar-refractivity contribution in [2.45, 2.75) is 51.2 Å². The number of carbonyl (C=O) groups excluding carboxylic acids is 1. The topological polar surface area (TPSA) is 72.3 Å². The monoisotopic (exact) mass is 471 g/mol. The lowest BCUT2D eigenvalue weighted by atomic mass is 10.1. The molecule has 0 radical (unpaired) electrons. The average Bonchev–Trinajstić information content (AvgIpc) is 3.16. The third-order valence-electron chi connectivity index (χ3n) is 5.30. The molecule has 0 aliphatic heterocycles. The van der Waals surface area contributed by atoms with Gasteiger partial charge < -0.3 is 9.47 Å². The van der Waals surface area contributed by atoms with Gasteiger partial charge in [0.2, 0.25) is 20.9 Å². The third-order valence-corrected chi connectivity index (χ3v) is 6.90. The molecular formula is C25H30FN3O3S. The van der Waals surface area contributed by atoms with E-state index in [2.05, 4.69) is 4.98 Å². The molecule has 0 fully saturated rings. The fraction of sp³-hybridized carbons (Fsp3) is 0.360. The van der Waals surface area contributed by atoms with Gasteiger partial charge in [0, 0.05) is 13.0 Å². The Kier molecular flexibility index (Phi) is 8.02. The molecule has 0 bridgehead atoms. The van der Waals surface area contributed by atoms with Crippen molar-refractivity contribution in [3.05, 3.63) is 83.4 Å². The summed E-state index contributed by atoms with van der Waals surface area (Å²) in [6.45, 7) is 6.98. The van der Waals surface area contributed by atoms with Crippen LogP contribution in [0.4, 0.5) is 4.39 Å². The summed E-state index contributed by atoms with van der Waals surface area (Å²) in [5, 5.41) is -0.0574. The van der Waals surface area contributed by atoms with E-state index in [1.807, 2.05) is 51.1 Å². The average molecular weight is 472 g/mol. The first kappa shape index (κ1) is 24.6. The minimum atomic E-state index is -3.81. The quantitative estimate of drug-likeness (QED) is 0.438. The maximum absolute atomic E-state index is 13.3. The predicted octanol–water partition coefficient (Wildman–Crippen LogP) is 4.44. The van der Waals surface area contributed by atoms with Gasteiger partial charge in [0.15, 0.2) is 0 Å². The highest BCUT2D eigenvalue weighted by Crippen LogP contribution is 2.21. The van der Waals surface area contributed by atoms with Crippen LogP contribution in [0.5, 0.6) is 0 Å². The zero-order valence-electron chi connectivity index (χ0n) is 19.2. The van der Waals surface area contributed by atoms with Crippen molar-refractivity contribution >= 4 is 15.7 Å². The first-order valence-corrected chi connectivity index (χ1v) is 12.7. The Hall–Kier alpha value is -3.00. The summed E-state index contributed by atoms with van der Waals surface area (Å²) >= 11 is 0. The van der Waals surface area contributed by atoms with Crippen LogP contribution in [0.25, 0.3) is 0 Å². The largest absolute Gasteiger partial charge is 0.337 e. The van der Waals surface area contributed by atoms with E-state index in [1.54, 1.807) is 9.47 Å². The lowest BCUT2D eigenvalue weighted by molar-refractivity contribution is -0.132. The molecule has 0 saturated carbocycles. The van der Waals surface area contributed by atoms with Crippen LogP contribution in [0, 0.1) is 11.7 Å². The molecule has 3 rings (SSSR count). The zero-order valence-corrected chi connectivity index (χ0v) is 20.1. The van der Waals surface area contributed by atoms with Crippen molar-refractivity contribution in [3.8, 4) is 0 Å². The molecule has 1 heterocycles. The van der Waals surface area contributed by atoms with Gasteiger partial charge in [-0.1, -0.05) is 56.3 Å². The number of imidazole rings is 1. The summed E-state index contributed by atoms with van der Waals surface area (Å²) in [5.41, 5.74) is 2.05. The summed E-state index contributed by atoms with van der Waals surface area (Å²) in [4.78, 5) is 18.7. The van der Waals surface area contributed by atoms with Crippen LogP contribution >= 0.6 is 0 Å². The number of amides is 1. The van der Waals surface area contributed by atoms with E-state index in [4.69, 9.17) is 0 Å². The first-order chi connectivity index (χ1) is 15.7. The minimum absolute atomic E-state index is 0.0238. The minimum Gasteiger partial charge on any atom is -0.337 e. The molecule has 0 unspecified atom stereocenters. The van der Waals surface area contributed by atoms with Crippen LogP contribution in [0.2, 0.25) is 0 Å². The molecule has 0 atom stereocenters. The number of sulfone groups is 1. The Balaban J connectivity index is 1.97.